The molecule has 0 spiro atoms. The van der Waals surface area contributed by atoms with Crippen LogP contribution in [0.2, 0.25) is 0 Å². The molecule has 1 aromatic carbocycles. The molecule has 1 aromatic rings. The fraction of sp³-hybridized carbons (Fsp3) is 0.887. The Labute approximate surface area is 437 Å². The zero-order valence-electron chi connectivity index (χ0n) is 47.1. The highest BCUT2D eigenvalue weighted by Crippen LogP contribution is 2.48. The Morgan fingerprint density at radius 3 is 1.40 bits per heavy atom. The molecular weight excluding hydrogens is 969 g/mol. The molecule has 9 N–H and O–H groups in total. The van der Waals surface area contributed by atoms with Crippen LogP contribution < -0.4 is 11.1 Å². The van der Waals surface area contributed by atoms with Gasteiger partial charge in [-0.25, -0.2) is 0 Å². The molecule has 0 bridgehead atoms. The van der Waals surface area contributed by atoms with Gasteiger partial charge in [0.25, 0.3) is 10.1 Å². The van der Waals surface area contributed by atoms with Gasteiger partial charge in [0.1, 0.15) is 61.0 Å². The summed E-state index contributed by atoms with van der Waals surface area (Å²) in [6, 6.07) is 6.15. The molecule has 0 aliphatic carbocycles. The summed E-state index contributed by atoms with van der Waals surface area (Å²) in [5.74, 6) is 0. The van der Waals surface area contributed by atoms with Crippen LogP contribution in [0.15, 0.2) is 29.2 Å². The molecule has 0 aromatic heterocycles. The van der Waals surface area contributed by atoms with E-state index in [1.165, 1.54) is 31.4 Å². The molecule has 4 aliphatic heterocycles. The van der Waals surface area contributed by atoms with Gasteiger partial charge >= 0.3 is 0 Å². The second-order valence-corrected chi connectivity index (χ2v) is 25.6. The highest BCUT2D eigenvalue weighted by molar-refractivity contribution is 7.86. The third-order valence-electron chi connectivity index (χ3n) is 14.5. The second kappa shape index (κ2) is 26.9. The first-order valence-corrected chi connectivity index (χ1v) is 27.7. The fourth-order valence-electron chi connectivity index (χ4n) is 8.33. The van der Waals surface area contributed by atoms with Crippen LogP contribution in [0.3, 0.4) is 0 Å². The molecule has 4 heterocycles. The Morgan fingerprint density at radius 2 is 1.03 bits per heavy atom. The van der Waals surface area contributed by atoms with Gasteiger partial charge in [0.15, 0.2) is 25.2 Å². The van der Waals surface area contributed by atoms with Gasteiger partial charge in [0.2, 0.25) is 0 Å². The number of aliphatic hydroxyl groups is 6. The van der Waals surface area contributed by atoms with Crippen molar-refractivity contribution in [3.05, 3.63) is 29.8 Å². The summed E-state index contributed by atoms with van der Waals surface area (Å²) in [5, 5.41) is 68.3. The van der Waals surface area contributed by atoms with E-state index in [1.807, 2.05) is 83.1 Å². The smallest absolute Gasteiger partial charge is 0.297 e. The Kier molecular flexibility index (Phi) is 24.2. The zero-order chi connectivity index (χ0) is 55.7. The highest BCUT2D eigenvalue weighted by atomic mass is 32.2. The monoisotopic (exact) mass is 1070 g/mol. The zero-order valence-corrected chi connectivity index (χ0v) is 47.9. The maximum absolute atomic E-state index is 12.8. The third-order valence-corrected chi connectivity index (χ3v) is 15.8. The van der Waals surface area contributed by atoms with E-state index in [0.717, 1.165) is 37.9 Å². The number of ether oxygens (including phenoxy) is 8. The first-order valence-electron chi connectivity index (χ1n) is 26.3. The number of hydrogen-bond acceptors (Lipinski definition) is 19. The van der Waals surface area contributed by atoms with Crippen molar-refractivity contribution >= 4 is 10.1 Å². The van der Waals surface area contributed by atoms with Crippen molar-refractivity contribution in [1.29, 1.82) is 0 Å². The molecule has 14 atom stereocenters. The Bertz CT molecular complexity index is 1880. The van der Waals surface area contributed by atoms with Crippen molar-refractivity contribution in [3.8, 4) is 0 Å². The van der Waals surface area contributed by atoms with Crippen LogP contribution in [0.25, 0.3) is 0 Å². The van der Waals surface area contributed by atoms with Crippen molar-refractivity contribution in [2.75, 3.05) is 26.2 Å². The maximum Gasteiger partial charge on any atom is 0.297 e. The predicted molar refractivity (Wildman–Crippen MR) is 276 cm³/mol. The van der Waals surface area contributed by atoms with Crippen LogP contribution in [0, 0.1) is 17.8 Å². The molecule has 4 fully saturated rings. The molecule has 0 saturated carbocycles. The molecule has 428 valence electrons. The van der Waals surface area contributed by atoms with E-state index in [1.54, 1.807) is 32.9 Å². The average molecular weight is 1070 g/mol. The van der Waals surface area contributed by atoms with E-state index >= 15 is 0 Å². The minimum absolute atomic E-state index is 0.0394. The first-order chi connectivity index (χ1) is 33.5. The summed E-state index contributed by atoms with van der Waals surface area (Å²) in [6.45, 7) is 33.5. The topological polar surface area (TPSA) is 277 Å². The molecule has 20 heteroatoms. The quantitative estimate of drug-likeness (QED) is 0.0673. The number of benzene rings is 1. The SMILES string of the molecule is CCCCCN.CCCCCNCC1OC(OC(C)(C)C)C(O)C(O)C1OC1OC(C)(C)C(C)(C)C1O.Cc1ccc(S(=O)(=O)OCC2OC(OC(C)(C)C)C(O)C(O)C2OC2OC(C)(C)C(C)(C)C2O)cc1. The van der Waals surface area contributed by atoms with Gasteiger partial charge in [-0.2, -0.15) is 8.42 Å². The molecule has 73 heavy (non-hydrogen) atoms. The summed E-state index contributed by atoms with van der Waals surface area (Å²) in [6.07, 6.45) is -8.87. The normalized spacial score (nSPS) is 33.9. The molecule has 0 radical (unpaired) electrons. The summed E-state index contributed by atoms with van der Waals surface area (Å²) in [7, 11) is -4.16. The van der Waals surface area contributed by atoms with Gasteiger partial charge in [-0.3, -0.25) is 4.18 Å². The number of nitrogens with one attached hydrogen (secondary N) is 1. The number of nitrogens with two attached hydrogens (primary N) is 1. The Morgan fingerprint density at radius 1 is 0.616 bits per heavy atom. The van der Waals surface area contributed by atoms with E-state index in [9.17, 15) is 39.1 Å². The average Bonchev–Trinajstić information content (AvgIpc) is 3.54. The Balaban J connectivity index is 0.000000349. The minimum Gasteiger partial charge on any atom is -0.387 e. The van der Waals surface area contributed by atoms with Crippen LogP contribution in [0.1, 0.15) is 155 Å². The van der Waals surface area contributed by atoms with E-state index in [0.29, 0.717) is 6.54 Å². The number of aryl methyl sites for hydroxylation is 1. The van der Waals surface area contributed by atoms with Gasteiger partial charge < -0.3 is 79.6 Å². The lowest BCUT2D eigenvalue weighted by molar-refractivity contribution is -0.343. The number of rotatable bonds is 19. The van der Waals surface area contributed by atoms with Crippen molar-refractivity contribution in [2.45, 2.75) is 270 Å². The van der Waals surface area contributed by atoms with Crippen LogP contribution in [-0.2, 0) is 52.2 Å². The summed E-state index contributed by atoms with van der Waals surface area (Å²) >= 11 is 0. The van der Waals surface area contributed by atoms with Crippen molar-refractivity contribution in [1.82, 2.24) is 5.32 Å². The first kappa shape index (κ1) is 65.8. The highest BCUT2D eigenvalue weighted by Gasteiger charge is 2.59. The second-order valence-electron chi connectivity index (χ2n) is 24.0. The van der Waals surface area contributed by atoms with Crippen LogP contribution >= 0.6 is 0 Å². The molecule has 4 aliphatic rings. The van der Waals surface area contributed by atoms with Gasteiger partial charge in [0.05, 0.1) is 33.9 Å². The third kappa shape index (κ3) is 17.7. The van der Waals surface area contributed by atoms with Crippen LogP contribution in [0.4, 0.5) is 0 Å². The predicted octanol–water partition coefficient (Wildman–Crippen LogP) is 4.94. The van der Waals surface area contributed by atoms with Crippen molar-refractivity contribution in [2.24, 2.45) is 16.6 Å². The number of unbranched alkanes of at least 4 members (excludes halogenated alkanes) is 4. The van der Waals surface area contributed by atoms with Crippen molar-refractivity contribution in [3.63, 3.8) is 0 Å². The summed E-state index contributed by atoms with van der Waals surface area (Å²) in [4.78, 5) is -0.0394. The number of aliphatic hydroxyl groups excluding tert-OH is 6. The van der Waals surface area contributed by atoms with E-state index in [2.05, 4.69) is 19.2 Å². The summed E-state index contributed by atoms with van der Waals surface area (Å²) < 4.78 is 78.4. The largest absolute Gasteiger partial charge is 0.387 e. The van der Waals surface area contributed by atoms with Crippen LogP contribution in [0.5, 0.6) is 0 Å². The lowest BCUT2D eigenvalue weighted by atomic mass is 9.75. The standard InChI is InChI=1S/C25H40O10S.C23H45NO7.C5H13N/c1-14-9-11-15(12-10-14)36(29,30)31-13-16-19(17(26)18(27)21(32-16)34-23(2,3)4)33-22-20(28)24(5,6)25(7,8)35-22;1-9-10-11-12-24-13-14-17(15(25)16(26)19(28-14)30-21(2,3)4)29-20-18(27)22(5,6)23(7,8)31-20;1-2-3-4-5-6/h9-12,16-22,26-28H,13H2,1-8H3;14-20,24-27H,9-13H2,1-8H3;2-6H2,1H3. The minimum atomic E-state index is -4.16. The van der Waals surface area contributed by atoms with Gasteiger partial charge in [0, 0.05) is 17.4 Å². The maximum atomic E-state index is 12.8. The van der Waals surface area contributed by atoms with E-state index in [-0.39, 0.29) is 4.90 Å². The van der Waals surface area contributed by atoms with E-state index < -0.39 is 136 Å². The van der Waals surface area contributed by atoms with Gasteiger partial charge in [-0.1, -0.05) is 84.9 Å². The lowest BCUT2D eigenvalue weighted by Gasteiger charge is -2.45. The van der Waals surface area contributed by atoms with Gasteiger partial charge in [-0.15, -0.1) is 0 Å². The molecular formula is C53H98N2O17S. The van der Waals surface area contributed by atoms with Gasteiger partial charge in [-0.05, 0) is 114 Å². The number of hydrogen-bond donors (Lipinski definition) is 8. The molecule has 4 saturated heterocycles. The summed E-state index contributed by atoms with van der Waals surface area (Å²) in [5.41, 5.74) is 2.16. The van der Waals surface area contributed by atoms with Crippen molar-refractivity contribution < 1.29 is 81.1 Å². The fourth-order valence-corrected chi connectivity index (χ4v) is 9.24. The lowest BCUT2D eigenvalue weighted by Crippen LogP contribution is -2.63. The van der Waals surface area contributed by atoms with E-state index in [4.69, 9.17) is 47.8 Å². The molecule has 5 rings (SSSR count). The molecule has 0 amide bonds. The molecule has 19 nitrogen and oxygen atoms in total. The van der Waals surface area contributed by atoms with Crippen LogP contribution in [-0.4, -0.2) is 174 Å². The Hall–Kier alpha value is -1.51. The molecule has 14 unspecified atom stereocenters.